The van der Waals surface area contributed by atoms with Crippen molar-refractivity contribution < 1.29 is 4.74 Å². The molecule has 3 rings (SSSR count). The number of nitrogens with zero attached hydrogens (tertiary/aromatic N) is 4. The first kappa shape index (κ1) is 26.1. The van der Waals surface area contributed by atoms with Crippen molar-refractivity contribution in [3.8, 4) is 0 Å². The van der Waals surface area contributed by atoms with Crippen LogP contribution in [-0.2, 0) is 11.3 Å². The van der Waals surface area contributed by atoms with Crippen LogP contribution in [-0.4, -0.2) is 74.9 Å². The molecule has 0 aromatic carbocycles. The van der Waals surface area contributed by atoms with Crippen molar-refractivity contribution in [3.63, 3.8) is 0 Å². The molecule has 1 saturated heterocycles. The fraction of sp³-hybridized carbons (Fsp3) is 0.739. The van der Waals surface area contributed by atoms with Gasteiger partial charge in [0, 0.05) is 59.1 Å². The van der Waals surface area contributed by atoms with Crippen molar-refractivity contribution in [1.82, 2.24) is 20.5 Å². The molecule has 0 atom stereocenters. The molecule has 2 fully saturated rings. The number of aliphatic imine (C=N–C) groups is 1. The van der Waals surface area contributed by atoms with Gasteiger partial charge in [-0.05, 0) is 37.4 Å². The normalized spacial score (nSPS) is 18.5. The van der Waals surface area contributed by atoms with Gasteiger partial charge in [-0.1, -0.05) is 32.3 Å². The van der Waals surface area contributed by atoms with Crippen LogP contribution in [0.15, 0.2) is 23.3 Å². The van der Waals surface area contributed by atoms with Gasteiger partial charge >= 0.3 is 0 Å². The summed E-state index contributed by atoms with van der Waals surface area (Å²) in [5.41, 5.74) is 1.16. The van der Waals surface area contributed by atoms with Crippen LogP contribution in [0.2, 0.25) is 0 Å². The molecule has 1 aromatic rings. The van der Waals surface area contributed by atoms with Crippen molar-refractivity contribution in [1.29, 1.82) is 0 Å². The monoisotopic (exact) mass is 544 g/mol. The van der Waals surface area contributed by atoms with Crippen molar-refractivity contribution in [2.75, 3.05) is 57.8 Å². The largest absolute Gasteiger partial charge is 0.378 e. The average Bonchev–Trinajstić information content (AvgIpc) is 2.82. The van der Waals surface area contributed by atoms with Crippen molar-refractivity contribution in [3.05, 3.63) is 23.9 Å². The molecule has 1 aromatic heterocycles. The van der Waals surface area contributed by atoms with E-state index in [0.717, 1.165) is 76.2 Å². The highest BCUT2D eigenvalue weighted by Gasteiger charge is 2.16. The smallest absolute Gasteiger partial charge is 0.191 e. The molecule has 0 amide bonds. The topological polar surface area (TPSA) is 65.0 Å². The highest BCUT2D eigenvalue weighted by molar-refractivity contribution is 14.0. The van der Waals surface area contributed by atoms with Gasteiger partial charge in [0.05, 0.1) is 6.10 Å². The zero-order chi connectivity index (χ0) is 21.0. The standard InChI is InChI=1S/C23H40N6O.HI/c1-3-28-13-15-29(16-14-28)22-11-10-20(18-26-22)19-27-23(24-2)25-12-7-17-30-21-8-5-4-6-9-21;/h10-11,18,21H,3-9,12-17,19H2,1-2H3,(H2,24,25,27);1H. The van der Waals surface area contributed by atoms with Crippen LogP contribution in [0.5, 0.6) is 0 Å². The van der Waals surface area contributed by atoms with Crippen LogP contribution in [0.25, 0.3) is 0 Å². The Bertz CT molecular complexity index is 627. The molecule has 1 aliphatic carbocycles. The molecule has 2 aliphatic rings. The maximum atomic E-state index is 5.99. The fourth-order valence-corrected chi connectivity index (χ4v) is 4.17. The molecule has 176 valence electrons. The van der Waals surface area contributed by atoms with Crippen molar-refractivity contribution >= 4 is 35.8 Å². The summed E-state index contributed by atoms with van der Waals surface area (Å²) in [4.78, 5) is 13.9. The third kappa shape index (κ3) is 9.10. The summed E-state index contributed by atoms with van der Waals surface area (Å²) >= 11 is 0. The number of anilines is 1. The number of aromatic nitrogens is 1. The van der Waals surface area contributed by atoms with E-state index in [1.54, 1.807) is 0 Å². The third-order valence-corrected chi connectivity index (χ3v) is 6.16. The molecule has 31 heavy (non-hydrogen) atoms. The molecule has 8 heteroatoms. The van der Waals surface area contributed by atoms with Crippen LogP contribution in [0.1, 0.15) is 51.0 Å². The Kier molecular flexibility index (Phi) is 12.5. The van der Waals surface area contributed by atoms with E-state index in [9.17, 15) is 0 Å². The first-order chi connectivity index (χ1) is 14.8. The van der Waals surface area contributed by atoms with E-state index in [2.05, 4.69) is 49.5 Å². The zero-order valence-corrected chi connectivity index (χ0v) is 21.6. The van der Waals surface area contributed by atoms with Gasteiger partial charge in [-0.25, -0.2) is 4.98 Å². The Morgan fingerprint density at radius 1 is 1.13 bits per heavy atom. The molecule has 2 heterocycles. The van der Waals surface area contributed by atoms with Gasteiger partial charge in [0.2, 0.25) is 0 Å². The number of likely N-dealkylation sites (N-methyl/N-ethyl adjacent to an activating group) is 1. The third-order valence-electron chi connectivity index (χ3n) is 6.16. The first-order valence-corrected chi connectivity index (χ1v) is 11.8. The highest BCUT2D eigenvalue weighted by atomic mass is 127. The van der Waals surface area contributed by atoms with Crippen LogP contribution < -0.4 is 15.5 Å². The molecule has 1 saturated carbocycles. The molecule has 0 bridgehead atoms. The molecule has 2 N–H and O–H groups in total. The predicted molar refractivity (Wildman–Crippen MR) is 140 cm³/mol. The van der Waals surface area contributed by atoms with Crippen molar-refractivity contribution in [2.24, 2.45) is 4.99 Å². The number of ether oxygens (including phenoxy) is 1. The number of hydrogen-bond donors (Lipinski definition) is 2. The summed E-state index contributed by atoms with van der Waals surface area (Å²) in [6, 6.07) is 4.30. The zero-order valence-electron chi connectivity index (χ0n) is 19.3. The van der Waals surface area contributed by atoms with E-state index in [0.29, 0.717) is 6.10 Å². The molecule has 0 spiro atoms. The Hall–Kier alpha value is -1.13. The van der Waals surface area contributed by atoms with Crippen LogP contribution in [0.4, 0.5) is 5.82 Å². The van der Waals surface area contributed by atoms with Gasteiger partial charge in [0.15, 0.2) is 5.96 Å². The van der Waals surface area contributed by atoms with Gasteiger partial charge in [-0.15, -0.1) is 24.0 Å². The predicted octanol–water partition coefficient (Wildman–Crippen LogP) is 3.25. The van der Waals surface area contributed by atoms with E-state index in [4.69, 9.17) is 4.74 Å². The minimum absolute atomic E-state index is 0. The summed E-state index contributed by atoms with van der Waals surface area (Å²) in [6.45, 7) is 10.1. The molecule has 1 aliphatic heterocycles. The Morgan fingerprint density at radius 3 is 2.55 bits per heavy atom. The minimum Gasteiger partial charge on any atom is -0.378 e. The Balaban J connectivity index is 0.00000341. The summed E-state index contributed by atoms with van der Waals surface area (Å²) in [5.74, 6) is 1.91. The average molecular weight is 545 g/mol. The van der Waals surface area contributed by atoms with Crippen molar-refractivity contribution in [2.45, 2.75) is 58.1 Å². The number of rotatable bonds is 9. The van der Waals surface area contributed by atoms with Crippen LogP contribution >= 0.6 is 24.0 Å². The summed E-state index contributed by atoms with van der Waals surface area (Å²) in [7, 11) is 1.81. The number of hydrogen-bond acceptors (Lipinski definition) is 5. The van der Waals surface area contributed by atoms with Gasteiger partial charge < -0.3 is 25.2 Å². The summed E-state index contributed by atoms with van der Waals surface area (Å²) < 4.78 is 5.99. The molecular formula is C23H41IN6O. The number of guanidine groups is 1. The van der Waals surface area contributed by atoms with E-state index < -0.39 is 0 Å². The summed E-state index contributed by atoms with van der Waals surface area (Å²) in [6.07, 6.45) is 9.95. The lowest BCUT2D eigenvalue weighted by molar-refractivity contribution is 0.0277. The number of halogens is 1. The van der Waals surface area contributed by atoms with Gasteiger partial charge in [0.1, 0.15) is 5.82 Å². The maximum Gasteiger partial charge on any atom is 0.191 e. The molecule has 0 radical (unpaired) electrons. The van der Waals surface area contributed by atoms with Gasteiger partial charge in [0.25, 0.3) is 0 Å². The Labute approximate surface area is 205 Å². The maximum absolute atomic E-state index is 5.99. The SMILES string of the molecule is CCN1CCN(c2ccc(CNC(=NC)NCCCOC3CCCCC3)cn2)CC1.I. The van der Waals surface area contributed by atoms with E-state index >= 15 is 0 Å². The lowest BCUT2D eigenvalue weighted by Crippen LogP contribution is -2.46. The van der Waals surface area contributed by atoms with Gasteiger partial charge in [-0.3, -0.25) is 4.99 Å². The summed E-state index contributed by atoms with van der Waals surface area (Å²) in [5, 5.41) is 6.75. The number of nitrogens with one attached hydrogen (secondary N) is 2. The quantitative estimate of drug-likeness (QED) is 0.216. The second-order valence-electron chi connectivity index (χ2n) is 8.28. The van der Waals surface area contributed by atoms with E-state index in [-0.39, 0.29) is 24.0 Å². The second kappa shape index (κ2) is 14.8. The first-order valence-electron chi connectivity index (χ1n) is 11.8. The lowest BCUT2D eigenvalue weighted by atomic mass is 9.98. The highest BCUT2D eigenvalue weighted by Crippen LogP contribution is 2.20. The second-order valence-corrected chi connectivity index (χ2v) is 8.28. The van der Waals surface area contributed by atoms with E-state index in [1.807, 2.05) is 13.2 Å². The molecular weight excluding hydrogens is 503 g/mol. The molecule has 7 nitrogen and oxygen atoms in total. The lowest BCUT2D eigenvalue weighted by Gasteiger charge is -2.34. The number of pyridine rings is 1. The molecule has 0 unspecified atom stereocenters. The minimum atomic E-state index is 0. The van der Waals surface area contributed by atoms with E-state index in [1.165, 1.54) is 32.1 Å². The fourth-order valence-electron chi connectivity index (χ4n) is 4.17. The van der Waals surface area contributed by atoms with Gasteiger partial charge in [-0.2, -0.15) is 0 Å². The van der Waals surface area contributed by atoms with Crippen LogP contribution in [0, 0.1) is 0 Å². The Morgan fingerprint density at radius 2 is 1.90 bits per heavy atom. The van der Waals surface area contributed by atoms with Crippen LogP contribution in [0.3, 0.4) is 0 Å². The number of piperazine rings is 1.